The van der Waals surface area contributed by atoms with Gasteiger partial charge >= 0.3 is 6.18 Å². The van der Waals surface area contributed by atoms with Crippen LogP contribution >= 0.6 is 0 Å². The molecule has 10 heteroatoms. The molecule has 1 amide bonds. The first kappa shape index (κ1) is 16.2. The van der Waals surface area contributed by atoms with Crippen molar-refractivity contribution in [3.8, 4) is 0 Å². The number of nitrogens with one attached hydrogen (secondary N) is 2. The average molecular weight is 341 g/mol. The van der Waals surface area contributed by atoms with Crippen LogP contribution in [0.25, 0.3) is 0 Å². The molecule has 2 aromatic rings. The summed E-state index contributed by atoms with van der Waals surface area (Å²) in [6, 6.07) is 3.11. The number of aromatic amines is 1. The first-order chi connectivity index (χ1) is 11.3. The normalized spacial score (nSPS) is 21.1. The van der Waals surface area contributed by atoms with Gasteiger partial charge in [-0.15, -0.1) is 0 Å². The van der Waals surface area contributed by atoms with Crippen LogP contribution in [0.4, 0.5) is 19.0 Å². The van der Waals surface area contributed by atoms with Crippen LogP contribution < -0.4 is 10.2 Å². The summed E-state index contributed by atoms with van der Waals surface area (Å²) in [7, 11) is 0. The van der Waals surface area contributed by atoms with Crippen molar-refractivity contribution in [2.75, 3.05) is 18.0 Å². The van der Waals surface area contributed by atoms with E-state index in [9.17, 15) is 23.1 Å². The Hall–Kier alpha value is -2.62. The van der Waals surface area contributed by atoms with Gasteiger partial charge in [0, 0.05) is 25.5 Å². The molecule has 3 rings (SSSR count). The number of aliphatic hydroxyl groups excluding tert-OH is 1. The van der Waals surface area contributed by atoms with Crippen LogP contribution in [0.15, 0.2) is 30.6 Å². The number of anilines is 1. The molecule has 7 nitrogen and oxygen atoms in total. The minimum absolute atomic E-state index is 0.159. The summed E-state index contributed by atoms with van der Waals surface area (Å²) in [5.41, 5.74) is -0.580. The molecule has 3 heterocycles. The summed E-state index contributed by atoms with van der Waals surface area (Å²) >= 11 is 0. The Morgan fingerprint density at radius 1 is 1.33 bits per heavy atom. The van der Waals surface area contributed by atoms with Gasteiger partial charge in [0.2, 0.25) is 0 Å². The van der Waals surface area contributed by atoms with Gasteiger partial charge in [0.1, 0.15) is 11.5 Å². The number of nitrogens with zero attached hydrogens (tertiary/aromatic N) is 3. The highest BCUT2D eigenvalue weighted by molar-refractivity contribution is 5.92. The van der Waals surface area contributed by atoms with Crippen molar-refractivity contribution in [2.45, 2.75) is 18.3 Å². The minimum Gasteiger partial charge on any atom is -0.389 e. The lowest BCUT2D eigenvalue weighted by Gasteiger charge is -2.18. The van der Waals surface area contributed by atoms with Gasteiger partial charge in [-0.1, -0.05) is 0 Å². The van der Waals surface area contributed by atoms with Crippen LogP contribution in [0.2, 0.25) is 0 Å². The van der Waals surface area contributed by atoms with E-state index >= 15 is 0 Å². The molecule has 0 unspecified atom stereocenters. The van der Waals surface area contributed by atoms with E-state index in [0.717, 1.165) is 12.3 Å². The van der Waals surface area contributed by atoms with Crippen molar-refractivity contribution in [3.05, 3.63) is 41.9 Å². The number of hydrogen-bond acceptors (Lipinski definition) is 5. The molecule has 1 fully saturated rings. The Labute approximate surface area is 134 Å². The zero-order chi connectivity index (χ0) is 17.3. The Bertz CT molecular complexity index is 702. The zero-order valence-corrected chi connectivity index (χ0v) is 12.3. The molecule has 2 aromatic heterocycles. The topological polar surface area (TPSA) is 94.1 Å². The first-order valence-corrected chi connectivity index (χ1v) is 7.11. The number of hydrogen-bond donors (Lipinski definition) is 3. The molecule has 0 aromatic carbocycles. The van der Waals surface area contributed by atoms with Crippen LogP contribution in [-0.4, -0.2) is 51.4 Å². The van der Waals surface area contributed by atoms with Gasteiger partial charge in [-0.05, 0) is 18.2 Å². The zero-order valence-electron chi connectivity index (χ0n) is 12.3. The highest BCUT2D eigenvalue weighted by Gasteiger charge is 2.35. The van der Waals surface area contributed by atoms with Crippen LogP contribution in [-0.2, 0) is 6.18 Å². The van der Waals surface area contributed by atoms with E-state index in [0.29, 0.717) is 5.82 Å². The predicted octanol–water partition coefficient (Wildman–Crippen LogP) is 0.803. The molecule has 2 atom stereocenters. The molecular formula is C14H14F3N5O2. The number of amides is 1. The molecule has 128 valence electrons. The monoisotopic (exact) mass is 341 g/mol. The minimum atomic E-state index is -4.45. The van der Waals surface area contributed by atoms with Crippen molar-refractivity contribution in [1.82, 2.24) is 20.5 Å². The largest absolute Gasteiger partial charge is 0.417 e. The van der Waals surface area contributed by atoms with E-state index in [1.165, 1.54) is 18.3 Å². The second-order valence-electron chi connectivity index (χ2n) is 5.43. The van der Waals surface area contributed by atoms with Gasteiger partial charge in [-0.2, -0.15) is 18.3 Å². The number of alkyl halides is 3. The fraction of sp³-hybridized carbons (Fsp3) is 0.357. The van der Waals surface area contributed by atoms with Crippen molar-refractivity contribution < 1.29 is 23.1 Å². The van der Waals surface area contributed by atoms with Gasteiger partial charge < -0.3 is 15.3 Å². The van der Waals surface area contributed by atoms with E-state index in [-0.39, 0.29) is 18.8 Å². The average Bonchev–Trinajstić information content (AvgIpc) is 3.17. The number of aliphatic hydroxyl groups is 1. The van der Waals surface area contributed by atoms with Gasteiger partial charge in [0.05, 0.1) is 17.7 Å². The van der Waals surface area contributed by atoms with Crippen LogP contribution in [0.5, 0.6) is 0 Å². The lowest BCUT2D eigenvalue weighted by molar-refractivity contribution is -0.137. The second kappa shape index (κ2) is 6.11. The smallest absolute Gasteiger partial charge is 0.389 e. The van der Waals surface area contributed by atoms with E-state index in [1.807, 2.05) is 0 Å². The third kappa shape index (κ3) is 3.32. The van der Waals surface area contributed by atoms with Crippen molar-refractivity contribution >= 4 is 11.7 Å². The number of carbonyl (C=O) groups is 1. The van der Waals surface area contributed by atoms with Crippen molar-refractivity contribution in [3.63, 3.8) is 0 Å². The number of β-amino-alcohol motifs (C(OH)–C–C–N with tert-alkyl or cyclic N) is 1. The van der Waals surface area contributed by atoms with E-state index in [1.54, 1.807) is 4.90 Å². The Kier molecular flexibility index (Phi) is 4.14. The number of pyridine rings is 1. The lowest BCUT2D eigenvalue weighted by atomic mass is 10.2. The summed E-state index contributed by atoms with van der Waals surface area (Å²) in [5, 5.41) is 18.9. The first-order valence-electron chi connectivity index (χ1n) is 7.11. The van der Waals surface area contributed by atoms with E-state index < -0.39 is 29.8 Å². The number of H-pyrrole nitrogens is 1. The summed E-state index contributed by atoms with van der Waals surface area (Å²) in [4.78, 5) is 17.4. The summed E-state index contributed by atoms with van der Waals surface area (Å²) in [6.45, 7) is 0.395. The maximum absolute atomic E-state index is 12.5. The third-order valence-electron chi connectivity index (χ3n) is 3.75. The molecule has 0 aliphatic carbocycles. The number of carbonyl (C=O) groups excluding carboxylic acids is 1. The summed E-state index contributed by atoms with van der Waals surface area (Å²) < 4.78 is 37.6. The van der Waals surface area contributed by atoms with Gasteiger partial charge in [0.15, 0.2) is 0 Å². The Balaban J connectivity index is 1.66. The van der Waals surface area contributed by atoms with Crippen LogP contribution in [0, 0.1) is 0 Å². The third-order valence-corrected chi connectivity index (χ3v) is 3.75. The molecule has 24 heavy (non-hydrogen) atoms. The molecule has 0 bridgehead atoms. The predicted molar refractivity (Wildman–Crippen MR) is 77.3 cm³/mol. The summed E-state index contributed by atoms with van der Waals surface area (Å²) in [6.07, 6.45) is -3.13. The Morgan fingerprint density at radius 2 is 2.12 bits per heavy atom. The van der Waals surface area contributed by atoms with E-state index in [2.05, 4.69) is 20.5 Å². The SMILES string of the molecule is O=C(N[C@@H]1CN(c2ccc(C(F)(F)F)cn2)C[C@H]1O)c1ccn[nH]1. The number of halogens is 3. The van der Waals surface area contributed by atoms with Gasteiger partial charge in [-0.25, -0.2) is 4.98 Å². The van der Waals surface area contributed by atoms with Gasteiger partial charge in [-0.3, -0.25) is 9.89 Å². The molecule has 1 saturated heterocycles. The molecule has 3 N–H and O–H groups in total. The van der Waals surface area contributed by atoms with Crippen molar-refractivity contribution in [2.24, 2.45) is 0 Å². The van der Waals surface area contributed by atoms with Crippen LogP contribution in [0.1, 0.15) is 16.1 Å². The maximum atomic E-state index is 12.5. The maximum Gasteiger partial charge on any atom is 0.417 e. The fourth-order valence-corrected chi connectivity index (χ4v) is 2.48. The second-order valence-corrected chi connectivity index (χ2v) is 5.43. The number of aromatic nitrogens is 3. The van der Waals surface area contributed by atoms with Crippen LogP contribution in [0.3, 0.4) is 0 Å². The Morgan fingerprint density at radius 3 is 2.71 bits per heavy atom. The standard InChI is InChI=1S/C14H14F3N5O2/c15-14(16,17)8-1-2-12(18-5-8)22-6-10(11(23)7-22)20-13(24)9-3-4-19-21-9/h1-5,10-11,23H,6-7H2,(H,19,21)(H,20,24)/t10-,11-/m1/s1. The van der Waals surface area contributed by atoms with E-state index in [4.69, 9.17) is 0 Å². The number of rotatable bonds is 3. The molecule has 1 aliphatic heterocycles. The fourth-order valence-electron chi connectivity index (χ4n) is 2.48. The molecular weight excluding hydrogens is 327 g/mol. The molecule has 0 spiro atoms. The lowest BCUT2D eigenvalue weighted by Crippen LogP contribution is -2.43. The molecule has 0 saturated carbocycles. The summed E-state index contributed by atoms with van der Waals surface area (Å²) in [5.74, 6) is -0.112. The quantitative estimate of drug-likeness (QED) is 0.768. The highest BCUT2D eigenvalue weighted by Crippen LogP contribution is 2.29. The van der Waals surface area contributed by atoms with Crippen molar-refractivity contribution in [1.29, 1.82) is 0 Å². The molecule has 0 radical (unpaired) electrons. The highest BCUT2D eigenvalue weighted by atomic mass is 19.4. The molecule has 1 aliphatic rings. The van der Waals surface area contributed by atoms with Gasteiger partial charge in [0.25, 0.3) is 5.91 Å².